The molecule has 0 N–H and O–H groups in total. The van der Waals surface area contributed by atoms with Crippen molar-refractivity contribution < 1.29 is 9.32 Å². The minimum Gasteiger partial charge on any atom is -0.339 e. The van der Waals surface area contributed by atoms with E-state index in [0.29, 0.717) is 18.2 Å². The molecule has 134 valence electrons. The Morgan fingerprint density at radius 3 is 2.64 bits per heavy atom. The van der Waals surface area contributed by atoms with Crippen molar-refractivity contribution in [1.29, 1.82) is 0 Å². The summed E-state index contributed by atoms with van der Waals surface area (Å²) in [5, 5.41) is 8.59. The van der Waals surface area contributed by atoms with E-state index >= 15 is 0 Å². The summed E-state index contributed by atoms with van der Waals surface area (Å²) in [5.41, 5.74) is 2.11. The summed E-state index contributed by atoms with van der Waals surface area (Å²) >= 11 is 0. The third-order valence-electron chi connectivity index (χ3n) is 5.92. The van der Waals surface area contributed by atoms with Crippen LogP contribution in [0.5, 0.6) is 0 Å². The van der Waals surface area contributed by atoms with Crippen LogP contribution in [0, 0.1) is 6.92 Å². The van der Waals surface area contributed by atoms with Gasteiger partial charge in [-0.2, -0.15) is 10.1 Å². The minimum absolute atomic E-state index is 0.0964. The maximum atomic E-state index is 12.4. The predicted octanol–water partition coefficient (Wildman–Crippen LogP) is 2.85. The Kier molecular flexibility index (Phi) is 4.09. The SMILES string of the molecule is Cc1c([C@@H]2[C@H](c3nc(C4CCCCC4)no3)CC(=O)N2C)cnn1C. The monoisotopic (exact) mass is 343 g/mol. The highest BCUT2D eigenvalue weighted by Gasteiger charge is 2.44. The Bertz CT molecular complexity index is 774. The molecule has 7 heteroatoms. The number of carbonyl (C=O) groups excluding carboxylic acids is 1. The van der Waals surface area contributed by atoms with E-state index in [1.54, 1.807) is 4.90 Å². The highest BCUT2D eigenvalue weighted by Crippen LogP contribution is 2.44. The third kappa shape index (κ3) is 2.75. The standard InChI is InChI=1S/C18H25N5O2/c1-11-14(10-19-23(11)3)16-13(9-15(24)22(16)2)18-20-17(21-25-18)12-7-5-4-6-8-12/h10,12-13,16H,4-9H2,1-3H3/t13-,16+/m1/s1. The molecular weight excluding hydrogens is 318 g/mol. The Hall–Kier alpha value is -2.18. The molecular formula is C18H25N5O2. The van der Waals surface area contributed by atoms with Gasteiger partial charge in [-0.3, -0.25) is 9.48 Å². The van der Waals surface area contributed by atoms with Crippen LogP contribution < -0.4 is 0 Å². The van der Waals surface area contributed by atoms with Crippen LogP contribution in [-0.2, 0) is 11.8 Å². The van der Waals surface area contributed by atoms with Crippen molar-refractivity contribution in [3.05, 3.63) is 29.2 Å². The third-order valence-corrected chi connectivity index (χ3v) is 5.92. The van der Waals surface area contributed by atoms with Crippen LogP contribution in [0.25, 0.3) is 0 Å². The molecule has 3 heterocycles. The van der Waals surface area contributed by atoms with Gasteiger partial charge in [0.15, 0.2) is 5.82 Å². The number of hydrogen-bond acceptors (Lipinski definition) is 5. The molecule has 2 aromatic rings. The highest BCUT2D eigenvalue weighted by atomic mass is 16.5. The normalized spacial score (nSPS) is 25.1. The van der Waals surface area contributed by atoms with Crippen LogP contribution >= 0.6 is 0 Å². The minimum atomic E-state index is -0.106. The molecule has 25 heavy (non-hydrogen) atoms. The molecule has 0 unspecified atom stereocenters. The van der Waals surface area contributed by atoms with Gasteiger partial charge in [0.05, 0.1) is 18.2 Å². The number of nitrogens with zero attached hydrogens (tertiary/aromatic N) is 5. The fraction of sp³-hybridized carbons (Fsp3) is 0.667. The fourth-order valence-corrected chi connectivity index (χ4v) is 4.25. The summed E-state index contributed by atoms with van der Waals surface area (Å²) in [6.45, 7) is 2.03. The molecule has 0 spiro atoms. The average Bonchev–Trinajstić information content (AvgIpc) is 3.30. The van der Waals surface area contributed by atoms with Crippen LogP contribution in [0.4, 0.5) is 0 Å². The zero-order valence-electron chi connectivity index (χ0n) is 15.1. The first kappa shape index (κ1) is 16.3. The summed E-state index contributed by atoms with van der Waals surface area (Å²) in [4.78, 5) is 18.9. The molecule has 1 aliphatic carbocycles. The van der Waals surface area contributed by atoms with Crippen LogP contribution in [0.15, 0.2) is 10.7 Å². The van der Waals surface area contributed by atoms with Crippen molar-refractivity contribution in [2.24, 2.45) is 7.05 Å². The second-order valence-electron chi connectivity index (χ2n) is 7.39. The van der Waals surface area contributed by atoms with E-state index < -0.39 is 0 Å². The molecule has 7 nitrogen and oxygen atoms in total. The Balaban J connectivity index is 1.65. The molecule has 1 saturated heterocycles. The predicted molar refractivity (Wildman–Crippen MR) is 90.9 cm³/mol. The zero-order valence-corrected chi connectivity index (χ0v) is 15.1. The summed E-state index contributed by atoms with van der Waals surface area (Å²) in [6.07, 6.45) is 8.28. The van der Waals surface area contributed by atoms with Gasteiger partial charge in [-0.05, 0) is 19.8 Å². The van der Waals surface area contributed by atoms with Crippen molar-refractivity contribution in [2.75, 3.05) is 7.05 Å². The van der Waals surface area contributed by atoms with Crippen molar-refractivity contribution in [2.45, 2.75) is 63.3 Å². The van der Waals surface area contributed by atoms with E-state index in [1.807, 2.05) is 31.9 Å². The van der Waals surface area contributed by atoms with E-state index in [9.17, 15) is 4.79 Å². The van der Waals surface area contributed by atoms with Crippen LogP contribution in [0.3, 0.4) is 0 Å². The smallest absolute Gasteiger partial charge is 0.232 e. The molecule has 2 atom stereocenters. The number of amides is 1. The number of rotatable bonds is 3. The summed E-state index contributed by atoms with van der Waals surface area (Å²) in [6, 6.07) is -0.0964. The number of likely N-dealkylation sites (tertiary alicyclic amines) is 1. The van der Waals surface area contributed by atoms with E-state index in [2.05, 4.69) is 10.3 Å². The molecule has 1 aliphatic heterocycles. The summed E-state index contributed by atoms with van der Waals surface area (Å²) in [5.74, 6) is 1.81. The molecule has 4 rings (SSSR count). The first-order valence-corrected chi connectivity index (χ1v) is 9.14. The number of carbonyl (C=O) groups is 1. The molecule has 1 saturated carbocycles. The van der Waals surface area contributed by atoms with Gasteiger partial charge in [0.25, 0.3) is 0 Å². The molecule has 2 aromatic heterocycles. The van der Waals surface area contributed by atoms with Crippen molar-refractivity contribution in [1.82, 2.24) is 24.8 Å². The highest BCUT2D eigenvalue weighted by molar-refractivity contribution is 5.80. The van der Waals surface area contributed by atoms with Crippen LogP contribution in [-0.4, -0.2) is 37.8 Å². The Labute approximate surface area is 147 Å². The van der Waals surface area contributed by atoms with Gasteiger partial charge in [0.1, 0.15) is 0 Å². The lowest BCUT2D eigenvalue weighted by Gasteiger charge is -2.23. The molecule has 1 amide bonds. The molecule has 2 fully saturated rings. The van der Waals surface area contributed by atoms with Crippen molar-refractivity contribution in [3.8, 4) is 0 Å². The van der Waals surface area contributed by atoms with Gasteiger partial charge < -0.3 is 9.42 Å². The first-order valence-electron chi connectivity index (χ1n) is 9.14. The molecule has 2 aliphatic rings. The quantitative estimate of drug-likeness (QED) is 0.856. The van der Waals surface area contributed by atoms with E-state index in [4.69, 9.17) is 9.51 Å². The Morgan fingerprint density at radius 2 is 1.96 bits per heavy atom. The topological polar surface area (TPSA) is 77.1 Å². The number of aromatic nitrogens is 4. The van der Waals surface area contributed by atoms with E-state index in [-0.39, 0.29) is 17.9 Å². The largest absolute Gasteiger partial charge is 0.339 e. The lowest BCUT2D eigenvalue weighted by molar-refractivity contribution is -0.127. The maximum absolute atomic E-state index is 12.4. The first-order chi connectivity index (χ1) is 12.1. The fourth-order valence-electron chi connectivity index (χ4n) is 4.25. The van der Waals surface area contributed by atoms with Gasteiger partial charge >= 0.3 is 0 Å². The van der Waals surface area contributed by atoms with Crippen LogP contribution in [0.1, 0.15) is 79.4 Å². The van der Waals surface area contributed by atoms with Crippen LogP contribution in [0.2, 0.25) is 0 Å². The molecule has 0 bridgehead atoms. The van der Waals surface area contributed by atoms with Gasteiger partial charge in [-0.15, -0.1) is 0 Å². The van der Waals surface area contributed by atoms with Gasteiger partial charge in [0, 0.05) is 37.7 Å². The number of likely N-dealkylation sites (N-methyl/N-ethyl adjacent to an activating group) is 1. The van der Waals surface area contributed by atoms with Crippen molar-refractivity contribution in [3.63, 3.8) is 0 Å². The zero-order chi connectivity index (χ0) is 17.6. The lowest BCUT2D eigenvalue weighted by Crippen LogP contribution is -2.24. The summed E-state index contributed by atoms with van der Waals surface area (Å²) < 4.78 is 7.47. The Morgan fingerprint density at radius 1 is 1.20 bits per heavy atom. The lowest BCUT2D eigenvalue weighted by atomic mass is 9.89. The molecule has 0 aromatic carbocycles. The summed E-state index contributed by atoms with van der Waals surface area (Å²) in [7, 11) is 3.76. The second-order valence-corrected chi connectivity index (χ2v) is 7.39. The second kappa shape index (κ2) is 6.28. The molecule has 0 radical (unpaired) electrons. The maximum Gasteiger partial charge on any atom is 0.232 e. The van der Waals surface area contributed by atoms with E-state index in [1.165, 1.54) is 19.3 Å². The van der Waals surface area contributed by atoms with Gasteiger partial charge in [-0.1, -0.05) is 24.4 Å². The van der Waals surface area contributed by atoms with Gasteiger partial charge in [-0.25, -0.2) is 0 Å². The average molecular weight is 343 g/mol. The number of aryl methyl sites for hydroxylation is 1. The van der Waals surface area contributed by atoms with Gasteiger partial charge in [0.2, 0.25) is 11.8 Å². The number of hydrogen-bond donors (Lipinski definition) is 0. The van der Waals surface area contributed by atoms with Crippen molar-refractivity contribution >= 4 is 5.91 Å². The van der Waals surface area contributed by atoms with E-state index in [0.717, 1.165) is 29.9 Å².